The van der Waals surface area contributed by atoms with Crippen molar-refractivity contribution in [3.63, 3.8) is 0 Å². The third-order valence-electron chi connectivity index (χ3n) is 5.68. The van der Waals surface area contributed by atoms with Crippen LogP contribution in [0.4, 0.5) is 0 Å². The lowest BCUT2D eigenvalue weighted by Gasteiger charge is -2.17. The summed E-state index contributed by atoms with van der Waals surface area (Å²) in [4.78, 5) is 11.4. The molecule has 33 heavy (non-hydrogen) atoms. The molecule has 0 radical (unpaired) electrons. The molecular formula is C21H25N5O6S. The average molecular weight is 476 g/mol. The summed E-state index contributed by atoms with van der Waals surface area (Å²) in [6.45, 7) is 4.57. The molecule has 0 unspecified atom stereocenters. The van der Waals surface area contributed by atoms with Gasteiger partial charge in [-0.25, -0.2) is 8.42 Å². The van der Waals surface area contributed by atoms with Crippen molar-refractivity contribution in [1.29, 1.82) is 0 Å². The summed E-state index contributed by atoms with van der Waals surface area (Å²) in [5, 5.41) is 22.1. The molecule has 1 saturated heterocycles. The zero-order valence-electron chi connectivity index (χ0n) is 18.5. The molecule has 176 valence electrons. The molecule has 3 aromatic rings. The Morgan fingerprint density at radius 2 is 2.00 bits per heavy atom. The summed E-state index contributed by atoms with van der Waals surface area (Å²) in [5.74, 6) is -0.213. The normalized spacial score (nSPS) is 19.1. The number of benzene rings is 1. The van der Waals surface area contributed by atoms with Gasteiger partial charge in [0, 0.05) is 30.6 Å². The molecule has 11 nitrogen and oxygen atoms in total. The van der Waals surface area contributed by atoms with Gasteiger partial charge in [0.05, 0.1) is 37.4 Å². The predicted octanol–water partition coefficient (Wildman–Crippen LogP) is 1.74. The van der Waals surface area contributed by atoms with Gasteiger partial charge in [0.1, 0.15) is 5.75 Å². The second kappa shape index (κ2) is 8.94. The van der Waals surface area contributed by atoms with Gasteiger partial charge in [0.25, 0.3) is 10.0 Å². The topological polar surface area (TPSA) is 137 Å². The number of sulfonamides is 1. The first kappa shape index (κ1) is 22.9. The van der Waals surface area contributed by atoms with E-state index in [1.54, 1.807) is 36.9 Å². The van der Waals surface area contributed by atoms with Crippen molar-refractivity contribution < 1.29 is 27.8 Å². The number of ether oxygens (including phenoxy) is 2. The maximum atomic E-state index is 13.2. The smallest absolute Gasteiger partial charge is 0.309 e. The van der Waals surface area contributed by atoms with E-state index in [2.05, 4.69) is 15.3 Å². The van der Waals surface area contributed by atoms with Gasteiger partial charge < -0.3 is 14.6 Å². The molecule has 0 bridgehead atoms. The third kappa shape index (κ3) is 4.35. The highest BCUT2D eigenvalue weighted by Gasteiger charge is 2.40. The molecule has 12 heteroatoms. The molecule has 2 aromatic heterocycles. The van der Waals surface area contributed by atoms with Crippen molar-refractivity contribution in [2.75, 3.05) is 26.8 Å². The van der Waals surface area contributed by atoms with Crippen molar-refractivity contribution in [2.45, 2.75) is 31.3 Å². The fourth-order valence-electron chi connectivity index (χ4n) is 4.06. The maximum absolute atomic E-state index is 13.2. The van der Waals surface area contributed by atoms with E-state index in [0.717, 1.165) is 0 Å². The SMILES string of the molecule is CCOc1ccc(S(=O)(=O)N2C[C@@H](C)[C@@H](n3nc(CC(=O)O)c4ccc(OC)cc43)C2)nn1. The van der Waals surface area contributed by atoms with Crippen LogP contribution >= 0.6 is 0 Å². The molecular weight excluding hydrogens is 450 g/mol. The first-order valence-electron chi connectivity index (χ1n) is 10.5. The van der Waals surface area contributed by atoms with Gasteiger partial charge in [-0.05, 0) is 31.0 Å². The zero-order valence-corrected chi connectivity index (χ0v) is 19.3. The lowest BCUT2D eigenvalue weighted by atomic mass is 10.1. The molecule has 1 N–H and O–H groups in total. The van der Waals surface area contributed by atoms with Crippen molar-refractivity contribution in [2.24, 2.45) is 5.92 Å². The second-order valence-corrected chi connectivity index (χ2v) is 9.74. The summed E-state index contributed by atoms with van der Waals surface area (Å²) in [7, 11) is -2.33. The average Bonchev–Trinajstić information content (AvgIpc) is 3.34. The summed E-state index contributed by atoms with van der Waals surface area (Å²) in [6.07, 6.45) is -0.235. The number of methoxy groups -OCH3 is 1. The molecule has 0 saturated carbocycles. The Hall–Kier alpha value is -3.25. The monoisotopic (exact) mass is 475 g/mol. The van der Waals surface area contributed by atoms with Crippen molar-refractivity contribution in [1.82, 2.24) is 24.3 Å². The van der Waals surface area contributed by atoms with E-state index in [1.165, 1.54) is 16.4 Å². The molecule has 2 atom stereocenters. The molecule has 0 spiro atoms. The molecule has 0 aliphatic carbocycles. The van der Waals surface area contributed by atoms with Gasteiger partial charge in [-0.3, -0.25) is 9.48 Å². The fraction of sp³-hybridized carbons (Fsp3) is 0.429. The number of hydrogen-bond donors (Lipinski definition) is 1. The van der Waals surface area contributed by atoms with E-state index < -0.39 is 16.0 Å². The quantitative estimate of drug-likeness (QED) is 0.516. The highest BCUT2D eigenvalue weighted by Crippen LogP contribution is 2.35. The number of nitrogens with zero attached hydrogens (tertiary/aromatic N) is 5. The van der Waals surface area contributed by atoms with Crippen LogP contribution in [0.5, 0.6) is 11.6 Å². The Morgan fingerprint density at radius 3 is 2.64 bits per heavy atom. The zero-order chi connectivity index (χ0) is 23.8. The van der Waals surface area contributed by atoms with Crippen molar-refractivity contribution in [3.8, 4) is 11.6 Å². The number of aromatic nitrogens is 4. The van der Waals surface area contributed by atoms with E-state index in [4.69, 9.17) is 9.47 Å². The molecule has 1 aliphatic rings. The number of carboxylic acids is 1. The number of fused-ring (bicyclic) bond motifs is 1. The molecule has 1 aliphatic heterocycles. The van der Waals surface area contributed by atoms with Crippen LogP contribution in [0.15, 0.2) is 35.4 Å². The second-order valence-electron chi connectivity index (χ2n) is 7.85. The lowest BCUT2D eigenvalue weighted by molar-refractivity contribution is -0.136. The highest BCUT2D eigenvalue weighted by atomic mass is 32.2. The van der Waals surface area contributed by atoms with Gasteiger partial charge in [-0.2, -0.15) is 9.40 Å². The minimum Gasteiger partial charge on any atom is -0.497 e. The maximum Gasteiger partial charge on any atom is 0.309 e. The Balaban J connectivity index is 1.67. The van der Waals surface area contributed by atoms with Crippen LogP contribution in [0.2, 0.25) is 0 Å². The highest BCUT2D eigenvalue weighted by molar-refractivity contribution is 7.89. The lowest BCUT2D eigenvalue weighted by Crippen LogP contribution is -2.30. The molecule has 4 rings (SSSR count). The van der Waals surface area contributed by atoms with E-state index in [9.17, 15) is 18.3 Å². The van der Waals surface area contributed by atoms with Gasteiger partial charge in [-0.1, -0.05) is 6.92 Å². The van der Waals surface area contributed by atoms with Gasteiger partial charge >= 0.3 is 5.97 Å². The fourth-order valence-corrected chi connectivity index (χ4v) is 5.49. The minimum atomic E-state index is -3.88. The van der Waals surface area contributed by atoms with Crippen LogP contribution in [0.25, 0.3) is 10.9 Å². The van der Waals surface area contributed by atoms with E-state index in [-0.39, 0.29) is 42.4 Å². The summed E-state index contributed by atoms with van der Waals surface area (Å²) in [5.41, 5.74) is 1.12. The standard InChI is InChI=1S/C21H25N5O6S/c1-4-32-19-7-8-20(23-22-19)33(29,30)25-11-13(2)18(12-25)26-17-9-14(31-3)5-6-15(17)16(24-26)10-21(27)28/h5-9,13,18H,4,10-12H2,1-3H3,(H,27,28)/t13-,18+/m1/s1. The largest absolute Gasteiger partial charge is 0.497 e. The van der Waals surface area contributed by atoms with Crippen molar-refractivity contribution in [3.05, 3.63) is 36.0 Å². The van der Waals surface area contributed by atoms with Gasteiger partial charge in [0.15, 0.2) is 5.03 Å². The summed E-state index contributed by atoms with van der Waals surface area (Å²) in [6, 6.07) is 7.87. The number of hydrogen-bond acceptors (Lipinski definition) is 8. The number of carboxylic acid groups (broad SMARTS) is 1. The third-order valence-corrected chi connectivity index (χ3v) is 7.40. The Bertz CT molecular complexity index is 1270. The predicted molar refractivity (Wildman–Crippen MR) is 118 cm³/mol. The minimum absolute atomic E-state index is 0.0811. The van der Waals surface area contributed by atoms with Crippen LogP contribution in [-0.2, 0) is 21.2 Å². The Labute approximate surface area is 191 Å². The summed E-state index contributed by atoms with van der Waals surface area (Å²) >= 11 is 0. The number of aliphatic carboxylic acids is 1. The van der Waals surface area contributed by atoms with Gasteiger partial charge in [0.2, 0.25) is 5.88 Å². The number of carbonyl (C=O) groups is 1. The summed E-state index contributed by atoms with van der Waals surface area (Å²) < 4.78 is 40.0. The van der Waals surface area contributed by atoms with Crippen LogP contribution in [0.1, 0.15) is 25.6 Å². The van der Waals surface area contributed by atoms with Crippen LogP contribution in [0, 0.1) is 5.92 Å². The molecule has 1 aromatic carbocycles. The van der Waals surface area contributed by atoms with E-state index in [1.807, 2.05) is 6.92 Å². The van der Waals surface area contributed by atoms with Gasteiger partial charge in [-0.15, -0.1) is 10.2 Å². The first-order valence-corrected chi connectivity index (χ1v) is 11.9. The Morgan fingerprint density at radius 1 is 1.21 bits per heavy atom. The van der Waals surface area contributed by atoms with Crippen LogP contribution in [0.3, 0.4) is 0 Å². The van der Waals surface area contributed by atoms with E-state index >= 15 is 0 Å². The molecule has 1 fully saturated rings. The first-order chi connectivity index (χ1) is 15.7. The molecule has 0 amide bonds. The van der Waals surface area contributed by atoms with E-state index in [0.29, 0.717) is 29.0 Å². The number of rotatable bonds is 8. The van der Waals surface area contributed by atoms with Crippen LogP contribution < -0.4 is 9.47 Å². The molecule has 3 heterocycles. The Kier molecular flexibility index (Phi) is 6.21. The van der Waals surface area contributed by atoms with Crippen molar-refractivity contribution >= 4 is 26.9 Å². The van der Waals surface area contributed by atoms with Crippen LogP contribution in [-0.4, -0.2) is 70.6 Å².